The molecule has 0 bridgehead atoms. The van der Waals surface area contributed by atoms with Crippen LogP contribution in [0.5, 0.6) is 0 Å². The van der Waals surface area contributed by atoms with E-state index in [4.69, 9.17) is 5.73 Å². The highest BCUT2D eigenvalue weighted by molar-refractivity contribution is 5.91. The number of hydrogen-bond donors (Lipinski definition) is 2. The Kier molecular flexibility index (Phi) is 3.86. The molecule has 0 aliphatic carbocycles. The van der Waals surface area contributed by atoms with Crippen LogP contribution >= 0.6 is 0 Å². The minimum absolute atomic E-state index is 0.0290. The lowest BCUT2D eigenvalue weighted by Gasteiger charge is -2.10. The normalized spacial score (nSPS) is 12.3. The molecule has 0 spiro atoms. The van der Waals surface area contributed by atoms with Crippen molar-refractivity contribution in [2.24, 2.45) is 5.73 Å². The summed E-state index contributed by atoms with van der Waals surface area (Å²) in [6.45, 7) is 5.80. The van der Waals surface area contributed by atoms with E-state index >= 15 is 0 Å². The van der Waals surface area contributed by atoms with E-state index in [-0.39, 0.29) is 11.9 Å². The van der Waals surface area contributed by atoms with Crippen LogP contribution in [0.1, 0.15) is 24.5 Å². The molecule has 1 rings (SSSR count). The summed E-state index contributed by atoms with van der Waals surface area (Å²) >= 11 is 0. The van der Waals surface area contributed by atoms with E-state index in [1.807, 2.05) is 39.0 Å². The molecule has 0 heterocycles. The van der Waals surface area contributed by atoms with Crippen LogP contribution in [-0.4, -0.2) is 11.9 Å². The van der Waals surface area contributed by atoms with Gasteiger partial charge in [0.2, 0.25) is 5.91 Å². The van der Waals surface area contributed by atoms with Crippen LogP contribution in [-0.2, 0) is 4.79 Å². The van der Waals surface area contributed by atoms with Crippen LogP contribution < -0.4 is 11.1 Å². The smallest absolute Gasteiger partial charge is 0.225 e. The minimum atomic E-state index is -0.102. The number of nitrogens with two attached hydrogens (primary N) is 1. The van der Waals surface area contributed by atoms with E-state index in [9.17, 15) is 4.79 Å². The monoisotopic (exact) mass is 206 g/mol. The lowest BCUT2D eigenvalue weighted by atomic mass is 10.1. The Bertz CT molecular complexity index is 359. The Morgan fingerprint density at radius 3 is 2.73 bits per heavy atom. The fourth-order valence-electron chi connectivity index (χ4n) is 1.36. The Morgan fingerprint density at radius 1 is 1.47 bits per heavy atom. The zero-order valence-electron chi connectivity index (χ0n) is 9.50. The van der Waals surface area contributed by atoms with E-state index in [2.05, 4.69) is 5.32 Å². The van der Waals surface area contributed by atoms with Crippen LogP contribution in [0.15, 0.2) is 18.2 Å². The van der Waals surface area contributed by atoms with Crippen LogP contribution in [0.3, 0.4) is 0 Å². The molecule has 3 nitrogen and oxygen atoms in total. The van der Waals surface area contributed by atoms with Crippen molar-refractivity contribution in [1.29, 1.82) is 0 Å². The molecule has 0 aliphatic rings. The van der Waals surface area contributed by atoms with Crippen molar-refractivity contribution in [3.8, 4) is 0 Å². The van der Waals surface area contributed by atoms with Crippen LogP contribution in [0, 0.1) is 13.8 Å². The van der Waals surface area contributed by atoms with E-state index in [0.717, 1.165) is 16.8 Å². The Hall–Kier alpha value is -1.35. The average molecular weight is 206 g/mol. The van der Waals surface area contributed by atoms with Gasteiger partial charge in [-0.3, -0.25) is 4.79 Å². The molecule has 1 aromatic carbocycles. The second kappa shape index (κ2) is 4.94. The Labute approximate surface area is 90.7 Å². The molecular weight excluding hydrogens is 188 g/mol. The number of rotatable bonds is 3. The first kappa shape index (κ1) is 11.7. The number of aryl methyl sites for hydroxylation is 2. The first-order valence-corrected chi connectivity index (χ1v) is 5.11. The number of carbonyl (C=O) groups excluding carboxylic acids is 1. The first-order valence-electron chi connectivity index (χ1n) is 5.11. The zero-order chi connectivity index (χ0) is 11.4. The number of hydrogen-bond acceptors (Lipinski definition) is 2. The van der Waals surface area contributed by atoms with Crippen molar-refractivity contribution in [3.63, 3.8) is 0 Å². The highest BCUT2D eigenvalue weighted by atomic mass is 16.1. The fraction of sp³-hybridized carbons (Fsp3) is 0.417. The van der Waals surface area contributed by atoms with Gasteiger partial charge in [0, 0.05) is 18.2 Å². The van der Waals surface area contributed by atoms with Gasteiger partial charge in [-0.25, -0.2) is 0 Å². The molecule has 0 aromatic heterocycles. The van der Waals surface area contributed by atoms with Gasteiger partial charge < -0.3 is 11.1 Å². The fourth-order valence-corrected chi connectivity index (χ4v) is 1.36. The summed E-state index contributed by atoms with van der Waals surface area (Å²) < 4.78 is 0. The second-order valence-corrected chi connectivity index (χ2v) is 4.05. The van der Waals surface area contributed by atoms with Gasteiger partial charge >= 0.3 is 0 Å². The third-order valence-electron chi connectivity index (χ3n) is 2.17. The minimum Gasteiger partial charge on any atom is -0.327 e. The van der Waals surface area contributed by atoms with Gasteiger partial charge in [-0.15, -0.1) is 0 Å². The number of amides is 1. The van der Waals surface area contributed by atoms with Crippen molar-refractivity contribution < 1.29 is 4.79 Å². The molecule has 3 N–H and O–H groups in total. The van der Waals surface area contributed by atoms with Crippen molar-refractivity contribution in [3.05, 3.63) is 29.3 Å². The third-order valence-corrected chi connectivity index (χ3v) is 2.17. The molecule has 3 heteroatoms. The molecule has 15 heavy (non-hydrogen) atoms. The molecule has 1 atom stereocenters. The van der Waals surface area contributed by atoms with Gasteiger partial charge in [-0.2, -0.15) is 0 Å². The van der Waals surface area contributed by atoms with E-state index in [0.29, 0.717) is 6.42 Å². The van der Waals surface area contributed by atoms with E-state index in [1.165, 1.54) is 0 Å². The van der Waals surface area contributed by atoms with Crippen molar-refractivity contribution in [1.82, 2.24) is 0 Å². The van der Waals surface area contributed by atoms with Gasteiger partial charge in [0.05, 0.1) is 0 Å². The summed E-state index contributed by atoms with van der Waals surface area (Å²) in [5.74, 6) is -0.0290. The molecule has 0 saturated carbocycles. The number of nitrogens with one attached hydrogen (secondary N) is 1. The number of carbonyl (C=O) groups is 1. The molecule has 0 radical (unpaired) electrons. The molecule has 1 amide bonds. The molecule has 1 unspecified atom stereocenters. The molecule has 0 aliphatic heterocycles. The van der Waals surface area contributed by atoms with Gasteiger partial charge in [0.25, 0.3) is 0 Å². The average Bonchev–Trinajstić information content (AvgIpc) is 2.10. The highest BCUT2D eigenvalue weighted by Crippen LogP contribution is 2.16. The van der Waals surface area contributed by atoms with E-state index < -0.39 is 0 Å². The summed E-state index contributed by atoms with van der Waals surface area (Å²) in [5, 5.41) is 2.86. The van der Waals surface area contributed by atoms with Gasteiger partial charge in [0.15, 0.2) is 0 Å². The number of benzene rings is 1. The summed E-state index contributed by atoms with van der Waals surface area (Å²) in [6, 6.07) is 5.89. The van der Waals surface area contributed by atoms with Crippen molar-refractivity contribution >= 4 is 11.6 Å². The summed E-state index contributed by atoms with van der Waals surface area (Å²) in [4.78, 5) is 11.5. The number of anilines is 1. The predicted octanol–water partition coefficient (Wildman–Crippen LogP) is 1.98. The summed E-state index contributed by atoms with van der Waals surface area (Å²) in [6.07, 6.45) is 0.355. The second-order valence-electron chi connectivity index (χ2n) is 4.05. The van der Waals surface area contributed by atoms with E-state index in [1.54, 1.807) is 0 Å². The SMILES string of the molecule is Cc1ccc(C)c(NC(=O)CC(C)N)c1. The largest absolute Gasteiger partial charge is 0.327 e. The maximum absolute atomic E-state index is 11.5. The molecule has 82 valence electrons. The van der Waals surface area contributed by atoms with Gasteiger partial charge in [-0.05, 0) is 38.0 Å². The lowest BCUT2D eigenvalue weighted by molar-refractivity contribution is -0.116. The summed E-state index contributed by atoms with van der Waals surface area (Å²) in [7, 11) is 0. The maximum Gasteiger partial charge on any atom is 0.225 e. The molecule has 1 aromatic rings. The van der Waals surface area contributed by atoms with Crippen LogP contribution in [0.25, 0.3) is 0 Å². The van der Waals surface area contributed by atoms with Crippen LogP contribution in [0.4, 0.5) is 5.69 Å². The quantitative estimate of drug-likeness (QED) is 0.794. The zero-order valence-corrected chi connectivity index (χ0v) is 9.50. The summed E-state index contributed by atoms with van der Waals surface area (Å²) in [5.41, 5.74) is 8.63. The van der Waals surface area contributed by atoms with Crippen LogP contribution in [0.2, 0.25) is 0 Å². The van der Waals surface area contributed by atoms with Gasteiger partial charge in [-0.1, -0.05) is 12.1 Å². The van der Waals surface area contributed by atoms with Gasteiger partial charge in [0.1, 0.15) is 0 Å². The standard InChI is InChI=1S/C12H18N2O/c1-8-4-5-9(2)11(6-8)14-12(15)7-10(3)13/h4-6,10H,7,13H2,1-3H3,(H,14,15). The van der Waals surface area contributed by atoms with Crippen molar-refractivity contribution in [2.45, 2.75) is 33.2 Å². The maximum atomic E-state index is 11.5. The van der Waals surface area contributed by atoms with Crippen molar-refractivity contribution in [2.75, 3.05) is 5.32 Å². The lowest BCUT2D eigenvalue weighted by Crippen LogP contribution is -2.24. The Morgan fingerprint density at radius 2 is 2.13 bits per heavy atom. The topological polar surface area (TPSA) is 55.1 Å². The highest BCUT2D eigenvalue weighted by Gasteiger charge is 2.06. The third kappa shape index (κ3) is 3.72. The molecular formula is C12H18N2O. The first-order chi connectivity index (χ1) is 6.99. The Balaban J connectivity index is 2.71. The predicted molar refractivity (Wildman–Crippen MR) is 62.8 cm³/mol. The molecule has 0 saturated heterocycles. The molecule has 0 fully saturated rings.